The lowest BCUT2D eigenvalue weighted by atomic mass is 9.60. The fraction of sp³-hybridized carbons (Fsp3) is 0.941. The van der Waals surface area contributed by atoms with Gasteiger partial charge in [-0.3, -0.25) is 0 Å². The summed E-state index contributed by atoms with van der Waals surface area (Å²) in [5, 5.41) is 20.5. The molecule has 1 saturated carbocycles. The molecule has 2 heteroatoms. The van der Waals surface area contributed by atoms with Gasteiger partial charge in [0.05, 0.1) is 17.1 Å². The third-order valence-electron chi connectivity index (χ3n) is 5.34. The molecular formula is C17H31NO. The quantitative estimate of drug-likeness (QED) is 0.709. The highest BCUT2D eigenvalue weighted by Gasteiger charge is 2.49. The first-order valence-electron chi connectivity index (χ1n) is 8.02. The molecule has 1 rings (SSSR count). The molecule has 0 amide bonds. The van der Waals surface area contributed by atoms with Crippen molar-refractivity contribution in [2.45, 2.75) is 84.7 Å². The summed E-state index contributed by atoms with van der Waals surface area (Å²) in [5.74, 6) is 1.43. The molecule has 1 aliphatic rings. The second-order valence-electron chi connectivity index (χ2n) is 7.01. The Bertz CT molecular complexity index is 306. The van der Waals surface area contributed by atoms with Crippen molar-refractivity contribution in [1.82, 2.24) is 0 Å². The Morgan fingerprint density at radius 1 is 1.32 bits per heavy atom. The molecule has 0 aromatic heterocycles. The van der Waals surface area contributed by atoms with Gasteiger partial charge in [-0.1, -0.05) is 40.0 Å². The summed E-state index contributed by atoms with van der Waals surface area (Å²) in [5.41, 5.74) is -1.33. The van der Waals surface area contributed by atoms with Gasteiger partial charge in [-0.2, -0.15) is 5.26 Å². The number of rotatable bonds is 6. The fourth-order valence-corrected chi connectivity index (χ4v) is 3.53. The zero-order valence-electron chi connectivity index (χ0n) is 13.2. The largest absolute Gasteiger partial charge is 0.389 e. The number of unbranched alkanes of at least 4 members (excludes halogenated alkanes) is 2. The molecule has 0 aromatic carbocycles. The minimum atomic E-state index is -0.821. The maximum Gasteiger partial charge on any atom is 0.0857 e. The molecule has 0 aliphatic heterocycles. The maximum atomic E-state index is 10.8. The molecule has 1 atom stereocenters. The summed E-state index contributed by atoms with van der Waals surface area (Å²) in [6.07, 6.45) is 8.01. The van der Waals surface area contributed by atoms with E-state index in [1.54, 1.807) is 0 Å². The van der Waals surface area contributed by atoms with Gasteiger partial charge in [-0.25, -0.2) is 0 Å². The van der Waals surface area contributed by atoms with Gasteiger partial charge in [0.2, 0.25) is 0 Å². The Kier molecular flexibility index (Phi) is 5.86. The highest BCUT2D eigenvalue weighted by Crippen LogP contribution is 2.49. The molecule has 1 aliphatic carbocycles. The third kappa shape index (κ3) is 3.72. The molecule has 0 aromatic rings. The normalized spacial score (nSPS) is 30.9. The minimum Gasteiger partial charge on any atom is -0.389 e. The predicted octanol–water partition coefficient (Wildman–Crippen LogP) is 4.67. The number of hydrogen-bond donors (Lipinski definition) is 1. The average molecular weight is 265 g/mol. The van der Waals surface area contributed by atoms with E-state index in [0.29, 0.717) is 5.92 Å². The number of nitrogens with zero attached hydrogens (tertiary/aromatic N) is 1. The third-order valence-corrected chi connectivity index (χ3v) is 5.34. The van der Waals surface area contributed by atoms with E-state index in [-0.39, 0.29) is 0 Å². The Morgan fingerprint density at radius 3 is 2.32 bits per heavy atom. The second-order valence-corrected chi connectivity index (χ2v) is 7.01. The number of hydrogen-bond acceptors (Lipinski definition) is 2. The topological polar surface area (TPSA) is 44.0 Å². The molecule has 19 heavy (non-hydrogen) atoms. The van der Waals surface area contributed by atoms with E-state index in [1.165, 1.54) is 0 Å². The average Bonchev–Trinajstić information content (AvgIpc) is 2.38. The van der Waals surface area contributed by atoms with Gasteiger partial charge >= 0.3 is 0 Å². The van der Waals surface area contributed by atoms with Crippen LogP contribution in [-0.2, 0) is 0 Å². The summed E-state index contributed by atoms with van der Waals surface area (Å²) >= 11 is 0. The van der Waals surface area contributed by atoms with Crippen LogP contribution in [0.1, 0.15) is 79.1 Å². The van der Waals surface area contributed by atoms with E-state index in [4.69, 9.17) is 0 Å². The Morgan fingerprint density at radius 2 is 1.89 bits per heavy atom. The first-order valence-corrected chi connectivity index (χ1v) is 8.02. The number of nitriles is 1. The summed E-state index contributed by atoms with van der Waals surface area (Å²) in [4.78, 5) is 0. The van der Waals surface area contributed by atoms with Crippen LogP contribution in [0.15, 0.2) is 0 Å². The van der Waals surface area contributed by atoms with Gasteiger partial charge in [-0.05, 0) is 50.9 Å². The number of aliphatic hydroxyl groups is 1. The Hall–Kier alpha value is -0.550. The van der Waals surface area contributed by atoms with E-state index >= 15 is 0 Å². The van der Waals surface area contributed by atoms with Crippen LogP contribution in [0, 0.1) is 28.6 Å². The van der Waals surface area contributed by atoms with Gasteiger partial charge in [-0.15, -0.1) is 0 Å². The minimum absolute atomic E-state index is 0.508. The molecular weight excluding hydrogens is 234 g/mol. The van der Waals surface area contributed by atoms with Gasteiger partial charge in [0.1, 0.15) is 0 Å². The first kappa shape index (κ1) is 16.5. The van der Waals surface area contributed by atoms with Crippen LogP contribution < -0.4 is 0 Å². The lowest BCUT2D eigenvalue weighted by Gasteiger charge is -2.45. The molecule has 0 radical (unpaired) electrons. The van der Waals surface area contributed by atoms with Gasteiger partial charge < -0.3 is 5.11 Å². The van der Waals surface area contributed by atoms with Crippen molar-refractivity contribution in [3.63, 3.8) is 0 Å². The Balaban J connectivity index is 2.69. The van der Waals surface area contributed by atoms with Crippen LogP contribution in [-0.4, -0.2) is 10.7 Å². The highest BCUT2D eigenvalue weighted by molar-refractivity contribution is 5.11. The molecule has 2 nitrogen and oxygen atoms in total. The zero-order valence-corrected chi connectivity index (χ0v) is 13.2. The molecule has 0 bridgehead atoms. The Labute approximate surface area is 119 Å². The van der Waals surface area contributed by atoms with E-state index in [2.05, 4.69) is 26.8 Å². The SMILES string of the molecule is CCCCCC(C)(O)C1(C#N)CCC(C(C)C)CC1. The maximum absolute atomic E-state index is 10.8. The van der Waals surface area contributed by atoms with Crippen LogP contribution in [0.5, 0.6) is 0 Å². The van der Waals surface area contributed by atoms with Crippen LogP contribution in [0.2, 0.25) is 0 Å². The summed E-state index contributed by atoms with van der Waals surface area (Å²) in [6.45, 7) is 8.59. The van der Waals surface area contributed by atoms with Crippen molar-refractivity contribution in [1.29, 1.82) is 5.26 Å². The van der Waals surface area contributed by atoms with Crippen LogP contribution in [0.25, 0.3) is 0 Å². The molecule has 1 unspecified atom stereocenters. The molecule has 0 saturated heterocycles. The fourth-order valence-electron chi connectivity index (χ4n) is 3.53. The molecule has 0 spiro atoms. The molecule has 0 heterocycles. The standard InChI is InChI=1S/C17H31NO/c1-5-6-7-10-16(4,19)17(13-18)11-8-15(9-12-17)14(2)3/h14-15,19H,5-12H2,1-4H3. The van der Waals surface area contributed by atoms with Crippen molar-refractivity contribution in [2.24, 2.45) is 17.3 Å². The van der Waals surface area contributed by atoms with E-state index in [9.17, 15) is 10.4 Å². The van der Waals surface area contributed by atoms with E-state index in [1.807, 2.05) is 6.92 Å². The van der Waals surface area contributed by atoms with Crippen LogP contribution in [0.4, 0.5) is 0 Å². The van der Waals surface area contributed by atoms with Gasteiger partial charge in [0.25, 0.3) is 0 Å². The second kappa shape index (κ2) is 6.75. The summed E-state index contributed by atoms with van der Waals surface area (Å²) < 4.78 is 0. The summed E-state index contributed by atoms with van der Waals surface area (Å²) in [7, 11) is 0. The van der Waals surface area contributed by atoms with Crippen molar-refractivity contribution in [2.75, 3.05) is 0 Å². The molecule has 1 fully saturated rings. The van der Waals surface area contributed by atoms with Crippen molar-refractivity contribution in [3.8, 4) is 6.07 Å². The van der Waals surface area contributed by atoms with Crippen molar-refractivity contribution < 1.29 is 5.11 Å². The van der Waals surface area contributed by atoms with Gasteiger partial charge in [0, 0.05) is 0 Å². The molecule has 110 valence electrons. The zero-order chi connectivity index (χ0) is 14.5. The lowest BCUT2D eigenvalue weighted by molar-refractivity contribution is -0.0733. The summed E-state index contributed by atoms with van der Waals surface area (Å²) in [6, 6.07) is 2.49. The predicted molar refractivity (Wildman–Crippen MR) is 79.6 cm³/mol. The van der Waals surface area contributed by atoms with Crippen LogP contribution in [0.3, 0.4) is 0 Å². The van der Waals surface area contributed by atoms with Crippen molar-refractivity contribution >= 4 is 0 Å². The van der Waals surface area contributed by atoms with E-state index in [0.717, 1.165) is 57.3 Å². The highest BCUT2D eigenvalue weighted by atomic mass is 16.3. The molecule has 1 N–H and O–H groups in total. The van der Waals surface area contributed by atoms with Gasteiger partial charge in [0.15, 0.2) is 0 Å². The van der Waals surface area contributed by atoms with E-state index < -0.39 is 11.0 Å². The first-order chi connectivity index (χ1) is 8.88. The lowest BCUT2D eigenvalue weighted by Crippen LogP contribution is -2.47. The smallest absolute Gasteiger partial charge is 0.0857 e. The van der Waals surface area contributed by atoms with Crippen molar-refractivity contribution in [3.05, 3.63) is 0 Å². The monoisotopic (exact) mass is 265 g/mol. The van der Waals surface area contributed by atoms with Crippen LogP contribution >= 0.6 is 0 Å².